The number of furan rings is 1. The number of nitrogens with one attached hydrogen (secondary N) is 1. The van der Waals surface area contributed by atoms with E-state index >= 15 is 0 Å². The smallest absolute Gasteiger partial charge is 0.352 e. The molecule has 0 unspecified atom stereocenters. The van der Waals surface area contributed by atoms with Crippen molar-refractivity contribution < 1.29 is 18.7 Å². The summed E-state index contributed by atoms with van der Waals surface area (Å²) < 4.78 is 17.4. The summed E-state index contributed by atoms with van der Waals surface area (Å²) in [6, 6.07) is 1.24. The number of aromatic carboxylic acids is 1. The summed E-state index contributed by atoms with van der Waals surface area (Å²) in [6.45, 7) is 0. The molecule has 0 aromatic carbocycles. The maximum atomic E-state index is 12.7. The zero-order chi connectivity index (χ0) is 8.72. The molecule has 0 aliphatic rings. The standard InChI is InChI=1S/C7H4FNO3/c8-3-2-12-5-1-4(7(10)11)9-6(3)5/h1-2,9H,(H,10,11). The van der Waals surface area contributed by atoms with Gasteiger partial charge in [-0.1, -0.05) is 0 Å². The minimum atomic E-state index is -1.14. The minimum Gasteiger partial charge on any atom is -0.477 e. The molecule has 5 heteroatoms. The molecule has 2 aromatic rings. The lowest BCUT2D eigenvalue weighted by molar-refractivity contribution is 0.0691. The van der Waals surface area contributed by atoms with E-state index in [0.717, 1.165) is 6.26 Å². The molecule has 2 N–H and O–H groups in total. The van der Waals surface area contributed by atoms with Gasteiger partial charge in [0.15, 0.2) is 11.4 Å². The number of hydrogen-bond acceptors (Lipinski definition) is 2. The summed E-state index contributed by atoms with van der Waals surface area (Å²) in [4.78, 5) is 12.8. The van der Waals surface area contributed by atoms with Gasteiger partial charge in [0.25, 0.3) is 0 Å². The fourth-order valence-electron chi connectivity index (χ4n) is 0.995. The van der Waals surface area contributed by atoms with Gasteiger partial charge in [0.05, 0.1) is 0 Å². The van der Waals surface area contributed by atoms with E-state index < -0.39 is 11.8 Å². The molecule has 0 radical (unpaired) electrons. The largest absolute Gasteiger partial charge is 0.477 e. The van der Waals surface area contributed by atoms with E-state index in [1.165, 1.54) is 6.07 Å². The maximum Gasteiger partial charge on any atom is 0.352 e. The van der Waals surface area contributed by atoms with E-state index in [9.17, 15) is 9.18 Å². The molecular formula is C7H4FNO3. The molecule has 12 heavy (non-hydrogen) atoms. The first kappa shape index (κ1) is 6.90. The molecule has 0 aliphatic carbocycles. The first-order valence-corrected chi connectivity index (χ1v) is 3.17. The maximum absolute atomic E-state index is 12.7. The van der Waals surface area contributed by atoms with Crippen LogP contribution < -0.4 is 0 Å². The van der Waals surface area contributed by atoms with Crippen LogP contribution in [0.25, 0.3) is 11.1 Å². The van der Waals surface area contributed by atoms with Crippen LogP contribution in [0.1, 0.15) is 10.5 Å². The Morgan fingerprint density at radius 1 is 1.67 bits per heavy atom. The second-order valence-electron chi connectivity index (χ2n) is 2.31. The predicted molar refractivity (Wildman–Crippen MR) is 37.5 cm³/mol. The minimum absolute atomic E-state index is 0.0803. The van der Waals surface area contributed by atoms with Gasteiger partial charge in [-0.15, -0.1) is 0 Å². The lowest BCUT2D eigenvalue weighted by Crippen LogP contribution is -1.95. The van der Waals surface area contributed by atoms with Gasteiger partial charge in [-0.2, -0.15) is 0 Å². The summed E-state index contributed by atoms with van der Waals surface area (Å²) in [5, 5.41) is 8.50. The van der Waals surface area contributed by atoms with Crippen LogP contribution in [0.4, 0.5) is 4.39 Å². The second kappa shape index (κ2) is 2.10. The van der Waals surface area contributed by atoms with Crippen LogP contribution in [-0.2, 0) is 0 Å². The van der Waals surface area contributed by atoms with Crippen molar-refractivity contribution in [1.82, 2.24) is 4.98 Å². The Labute approximate surface area is 65.6 Å². The van der Waals surface area contributed by atoms with Gasteiger partial charge in [-0.3, -0.25) is 0 Å². The molecule has 0 spiro atoms. The number of rotatable bonds is 1. The van der Waals surface area contributed by atoms with Gasteiger partial charge in [-0.25, -0.2) is 9.18 Å². The molecule has 4 nitrogen and oxygen atoms in total. The van der Waals surface area contributed by atoms with E-state index in [4.69, 9.17) is 9.52 Å². The number of carbonyl (C=O) groups is 1. The fraction of sp³-hybridized carbons (Fsp3) is 0. The highest BCUT2D eigenvalue weighted by molar-refractivity contribution is 5.91. The number of carboxylic acids is 1. The van der Waals surface area contributed by atoms with Crippen molar-refractivity contribution in [3.8, 4) is 0 Å². The van der Waals surface area contributed by atoms with Crippen LogP contribution >= 0.6 is 0 Å². The Morgan fingerprint density at radius 3 is 3.00 bits per heavy atom. The number of fused-ring (bicyclic) bond motifs is 1. The topological polar surface area (TPSA) is 66.2 Å². The molecular weight excluding hydrogens is 165 g/mol. The number of aromatic amines is 1. The highest BCUT2D eigenvalue weighted by Crippen LogP contribution is 2.19. The van der Waals surface area contributed by atoms with E-state index in [-0.39, 0.29) is 16.8 Å². The molecule has 2 rings (SSSR count). The highest BCUT2D eigenvalue weighted by Gasteiger charge is 2.12. The number of hydrogen-bond donors (Lipinski definition) is 2. The predicted octanol–water partition coefficient (Wildman–Crippen LogP) is 1.60. The molecule has 2 heterocycles. The first-order valence-electron chi connectivity index (χ1n) is 3.17. The van der Waals surface area contributed by atoms with Crippen LogP contribution in [0, 0.1) is 5.82 Å². The van der Waals surface area contributed by atoms with Crippen molar-refractivity contribution in [3.05, 3.63) is 23.8 Å². The van der Waals surface area contributed by atoms with Gasteiger partial charge in [0, 0.05) is 6.07 Å². The molecule has 0 fully saturated rings. The summed E-state index contributed by atoms with van der Waals surface area (Å²) in [7, 11) is 0. The van der Waals surface area contributed by atoms with E-state index in [2.05, 4.69) is 4.98 Å². The fourth-order valence-corrected chi connectivity index (χ4v) is 0.995. The van der Waals surface area contributed by atoms with Crippen molar-refractivity contribution >= 4 is 17.1 Å². The third-order valence-electron chi connectivity index (χ3n) is 1.54. The summed E-state index contributed by atoms with van der Waals surface area (Å²) in [5.41, 5.74) is 0.223. The molecule has 0 bridgehead atoms. The number of carboxylic acid groups (broad SMARTS) is 1. The highest BCUT2D eigenvalue weighted by atomic mass is 19.1. The van der Waals surface area contributed by atoms with Gasteiger partial charge >= 0.3 is 5.97 Å². The van der Waals surface area contributed by atoms with Gasteiger partial charge in [0.1, 0.15) is 17.5 Å². The van der Waals surface area contributed by atoms with Crippen LogP contribution in [-0.4, -0.2) is 16.1 Å². The SMILES string of the molecule is O=C(O)c1cc2occ(F)c2[nH]1. The zero-order valence-corrected chi connectivity index (χ0v) is 5.80. The van der Waals surface area contributed by atoms with Crippen molar-refractivity contribution in [2.45, 2.75) is 0 Å². The zero-order valence-electron chi connectivity index (χ0n) is 5.80. The van der Waals surface area contributed by atoms with Gasteiger partial charge in [0.2, 0.25) is 0 Å². The molecule has 62 valence electrons. The molecule has 0 aliphatic heterocycles. The molecule has 0 saturated heterocycles. The van der Waals surface area contributed by atoms with E-state index in [1.54, 1.807) is 0 Å². The lowest BCUT2D eigenvalue weighted by Gasteiger charge is -1.83. The molecule has 0 atom stereocenters. The molecule has 0 saturated carbocycles. The van der Waals surface area contributed by atoms with Crippen LogP contribution in [0.3, 0.4) is 0 Å². The Morgan fingerprint density at radius 2 is 2.42 bits per heavy atom. The van der Waals surface area contributed by atoms with Crippen LogP contribution in [0.5, 0.6) is 0 Å². The Hall–Kier alpha value is -1.78. The first-order chi connectivity index (χ1) is 5.68. The third-order valence-corrected chi connectivity index (χ3v) is 1.54. The summed E-state index contributed by atoms with van der Waals surface area (Å²) in [5.74, 6) is -1.72. The quantitative estimate of drug-likeness (QED) is 0.681. The summed E-state index contributed by atoms with van der Waals surface area (Å²) >= 11 is 0. The molecule has 2 aromatic heterocycles. The monoisotopic (exact) mass is 169 g/mol. The summed E-state index contributed by atoms with van der Waals surface area (Å²) in [6.07, 6.45) is 0.923. The van der Waals surface area contributed by atoms with E-state index in [1.807, 2.05) is 0 Å². The van der Waals surface area contributed by atoms with Crippen molar-refractivity contribution in [3.63, 3.8) is 0 Å². The normalized spacial score (nSPS) is 10.8. The average Bonchev–Trinajstić information content (AvgIpc) is 2.53. The Bertz CT molecular complexity index is 442. The van der Waals surface area contributed by atoms with Crippen LogP contribution in [0.15, 0.2) is 16.7 Å². The number of halogens is 1. The average molecular weight is 169 g/mol. The third kappa shape index (κ3) is 0.795. The number of aromatic nitrogens is 1. The van der Waals surface area contributed by atoms with Gasteiger partial charge in [-0.05, 0) is 0 Å². The van der Waals surface area contributed by atoms with E-state index in [0.29, 0.717) is 0 Å². The van der Waals surface area contributed by atoms with Crippen molar-refractivity contribution in [1.29, 1.82) is 0 Å². The Balaban J connectivity index is 2.70. The molecule has 0 amide bonds. The van der Waals surface area contributed by atoms with Crippen LogP contribution in [0.2, 0.25) is 0 Å². The van der Waals surface area contributed by atoms with Crippen molar-refractivity contribution in [2.24, 2.45) is 0 Å². The number of H-pyrrole nitrogens is 1. The van der Waals surface area contributed by atoms with Gasteiger partial charge < -0.3 is 14.5 Å². The lowest BCUT2D eigenvalue weighted by atomic mass is 10.4. The van der Waals surface area contributed by atoms with Crippen molar-refractivity contribution in [2.75, 3.05) is 0 Å². The second-order valence-corrected chi connectivity index (χ2v) is 2.31. The Kier molecular flexibility index (Phi) is 1.21.